The van der Waals surface area contributed by atoms with Crippen molar-refractivity contribution in [2.45, 2.75) is 0 Å². The number of methoxy groups -OCH3 is 1. The van der Waals surface area contributed by atoms with Gasteiger partial charge in [0.25, 0.3) is 0 Å². The number of ether oxygens (including phenoxy) is 1. The second-order valence-electron chi connectivity index (χ2n) is 4.41. The summed E-state index contributed by atoms with van der Waals surface area (Å²) in [6, 6.07) is 17.6. The third kappa shape index (κ3) is 2.35. The van der Waals surface area contributed by atoms with Gasteiger partial charge in [-0.25, -0.2) is 0 Å². The molecular formula is C16H12N4O. The smallest absolute Gasteiger partial charge is 0.190 e. The number of hydrogen-bond acceptors (Lipinski definition) is 4. The van der Waals surface area contributed by atoms with E-state index in [0.29, 0.717) is 11.4 Å². The average molecular weight is 276 g/mol. The van der Waals surface area contributed by atoms with Crippen LogP contribution in [0.3, 0.4) is 0 Å². The Morgan fingerprint density at radius 1 is 1.00 bits per heavy atom. The summed E-state index contributed by atoms with van der Waals surface area (Å²) in [4.78, 5) is 0. The second kappa shape index (κ2) is 5.47. The van der Waals surface area contributed by atoms with Gasteiger partial charge in [0.05, 0.1) is 7.11 Å². The highest BCUT2D eigenvalue weighted by Crippen LogP contribution is 2.31. The molecule has 0 saturated carbocycles. The van der Waals surface area contributed by atoms with Crippen molar-refractivity contribution in [2.24, 2.45) is 0 Å². The van der Waals surface area contributed by atoms with E-state index < -0.39 is 0 Å². The standard InChI is InChI=1S/C16H12N4O/c1-21-15-5-3-2-4-13(15)11-6-8-12(9-7-11)16-14(10-17)18-20-19-16/h2-9H,1H3,(H,18,19,20). The van der Waals surface area contributed by atoms with Crippen molar-refractivity contribution < 1.29 is 4.74 Å². The summed E-state index contributed by atoms with van der Waals surface area (Å²) in [6.07, 6.45) is 0. The Morgan fingerprint density at radius 3 is 2.43 bits per heavy atom. The Morgan fingerprint density at radius 2 is 1.71 bits per heavy atom. The average Bonchev–Trinajstić information content (AvgIpc) is 3.03. The minimum Gasteiger partial charge on any atom is -0.496 e. The summed E-state index contributed by atoms with van der Waals surface area (Å²) in [7, 11) is 1.65. The lowest BCUT2D eigenvalue weighted by atomic mass is 10.0. The number of nitrogens with one attached hydrogen (secondary N) is 1. The third-order valence-corrected chi connectivity index (χ3v) is 3.23. The maximum absolute atomic E-state index is 8.98. The van der Waals surface area contributed by atoms with Crippen molar-refractivity contribution in [3.63, 3.8) is 0 Å². The van der Waals surface area contributed by atoms with Gasteiger partial charge in [-0.05, 0) is 11.6 Å². The summed E-state index contributed by atoms with van der Waals surface area (Å²) < 4.78 is 5.37. The fourth-order valence-corrected chi connectivity index (χ4v) is 2.20. The number of nitriles is 1. The number of hydrogen-bond donors (Lipinski definition) is 1. The van der Waals surface area contributed by atoms with Gasteiger partial charge in [-0.1, -0.05) is 42.5 Å². The van der Waals surface area contributed by atoms with Crippen molar-refractivity contribution in [2.75, 3.05) is 7.11 Å². The number of aromatic amines is 1. The predicted octanol–water partition coefficient (Wildman–Crippen LogP) is 3.02. The molecule has 1 aromatic heterocycles. The van der Waals surface area contributed by atoms with Gasteiger partial charge in [0.15, 0.2) is 5.69 Å². The van der Waals surface area contributed by atoms with Crippen molar-refractivity contribution in [1.82, 2.24) is 15.4 Å². The van der Waals surface area contributed by atoms with Crippen LogP contribution >= 0.6 is 0 Å². The van der Waals surface area contributed by atoms with Crippen LogP contribution in [0.2, 0.25) is 0 Å². The van der Waals surface area contributed by atoms with Crippen molar-refractivity contribution in [1.29, 1.82) is 5.26 Å². The number of nitrogens with zero attached hydrogens (tertiary/aromatic N) is 3. The molecule has 102 valence electrons. The topological polar surface area (TPSA) is 74.6 Å². The van der Waals surface area contributed by atoms with Gasteiger partial charge in [-0.2, -0.15) is 15.6 Å². The zero-order chi connectivity index (χ0) is 14.7. The zero-order valence-corrected chi connectivity index (χ0v) is 11.4. The van der Waals surface area contributed by atoms with E-state index in [1.165, 1.54) is 0 Å². The zero-order valence-electron chi connectivity index (χ0n) is 11.4. The quantitative estimate of drug-likeness (QED) is 0.798. The van der Waals surface area contributed by atoms with Crippen molar-refractivity contribution in [3.05, 3.63) is 54.2 Å². The van der Waals surface area contributed by atoms with Gasteiger partial charge in [-0.3, -0.25) is 0 Å². The Kier molecular flexibility index (Phi) is 3.36. The number of para-hydroxylation sites is 1. The molecule has 0 radical (unpaired) electrons. The summed E-state index contributed by atoms with van der Waals surface area (Å²) in [5.41, 5.74) is 3.76. The molecule has 21 heavy (non-hydrogen) atoms. The Balaban J connectivity index is 2.00. The van der Waals surface area contributed by atoms with E-state index in [2.05, 4.69) is 15.4 Å². The first kappa shape index (κ1) is 12.9. The predicted molar refractivity (Wildman–Crippen MR) is 78.5 cm³/mol. The monoisotopic (exact) mass is 276 g/mol. The normalized spacial score (nSPS) is 10.1. The summed E-state index contributed by atoms with van der Waals surface area (Å²) in [5.74, 6) is 0.824. The highest BCUT2D eigenvalue weighted by Gasteiger charge is 2.10. The van der Waals surface area contributed by atoms with Crippen LogP contribution in [0.5, 0.6) is 5.75 Å². The minimum atomic E-state index is 0.292. The molecule has 0 bridgehead atoms. The molecule has 0 spiro atoms. The number of benzene rings is 2. The van der Waals surface area contributed by atoms with E-state index in [-0.39, 0.29) is 0 Å². The molecule has 0 atom stereocenters. The Labute approximate surface area is 121 Å². The van der Waals surface area contributed by atoms with Gasteiger partial charge in [0, 0.05) is 11.1 Å². The number of rotatable bonds is 3. The molecule has 3 aromatic rings. The molecule has 0 fully saturated rings. The maximum Gasteiger partial charge on any atom is 0.190 e. The molecule has 1 heterocycles. The highest BCUT2D eigenvalue weighted by molar-refractivity contribution is 5.74. The first-order valence-electron chi connectivity index (χ1n) is 6.38. The third-order valence-electron chi connectivity index (χ3n) is 3.23. The van der Waals surface area contributed by atoms with E-state index in [9.17, 15) is 0 Å². The SMILES string of the molecule is COc1ccccc1-c1ccc(-c2n[nH]nc2C#N)cc1. The lowest BCUT2D eigenvalue weighted by Crippen LogP contribution is -1.88. The lowest BCUT2D eigenvalue weighted by molar-refractivity contribution is 0.416. The van der Waals surface area contributed by atoms with Crippen LogP contribution in [-0.2, 0) is 0 Å². The number of H-pyrrole nitrogens is 1. The maximum atomic E-state index is 8.98. The molecule has 0 unspecified atom stereocenters. The van der Waals surface area contributed by atoms with Gasteiger partial charge < -0.3 is 4.74 Å². The lowest BCUT2D eigenvalue weighted by Gasteiger charge is -2.08. The molecular weight excluding hydrogens is 264 g/mol. The van der Waals surface area contributed by atoms with E-state index in [1.54, 1.807) is 7.11 Å². The molecule has 0 aliphatic carbocycles. The highest BCUT2D eigenvalue weighted by atomic mass is 16.5. The Hall–Kier alpha value is -3.13. The van der Waals surface area contributed by atoms with Crippen LogP contribution < -0.4 is 4.74 Å². The first-order chi connectivity index (χ1) is 10.3. The van der Waals surface area contributed by atoms with Gasteiger partial charge in [0.1, 0.15) is 17.5 Å². The molecule has 5 heteroatoms. The molecule has 1 N–H and O–H groups in total. The Bertz CT molecular complexity index is 800. The molecule has 3 rings (SSSR count). The molecule has 0 saturated heterocycles. The van der Waals surface area contributed by atoms with Crippen molar-refractivity contribution >= 4 is 0 Å². The van der Waals surface area contributed by atoms with Crippen LogP contribution in [0.15, 0.2) is 48.5 Å². The molecule has 2 aromatic carbocycles. The summed E-state index contributed by atoms with van der Waals surface area (Å²) in [6.45, 7) is 0. The summed E-state index contributed by atoms with van der Waals surface area (Å²) in [5, 5.41) is 19.3. The van der Waals surface area contributed by atoms with E-state index >= 15 is 0 Å². The van der Waals surface area contributed by atoms with E-state index in [4.69, 9.17) is 10.00 Å². The largest absolute Gasteiger partial charge is 0.496 e. The van der Waals surface area contributed by atoms with Gasteiger partial charge >= 0.3 is 0 Å². The van der Waals surface area contributed by atoms with Crippen LogP contribution in [0.4, 0.5) is 0 Å². The summed E-state index contributed by atoms with van der Waals surface area (Å²) >= 11 is 0. The fourth-order valence-electron chi connectivity index (χ4n) is 2.20. The van der Waals surface area contributed by atoms with E-state index in [0.717, 1.165) is 22.4 Å². The van der Waals surface area contributed by atoms with E-state index in [1.807, 2.05) is 54.6 Å². The van der Waals surface area contributed by atoms with Crippen LogP contribution in [0, 0.1) is 11.3 Å². The fraction of sp³-hybridized carbons (Fsp3) is 0.0625. The van der Waals surface area contributed by atoms with Gasteiger partial charge in [-0.15, -0.1) is 5.10 Å². The molecule has 0 aliphatic rings. The molecule has 0 aliphatic heterocycles. The minimum absolute atomic E-state index is 0.292. The van der Waals surface area contributed by atoms with Gasteiger partial charge in [0.2, 0.25) is 0 Å². The molecule has 5 nitrogen and oxygen atoms in total. The van der Waals surface area contributed by atoms with Crippen LogP contribution in [0.1, 0.15) is 5.69 Å². The first-order valence-corrected chi connectivity index (χ1v) is 6.38. The molecule has 0 amide bonds. The van der Waals surface area contributed by atoms with Crippen LogP contribution in [0.25, 0.3) is 22.4 Å². The van der Waals surface area contributed by atoms with Crippen LogP contribution in [-0.4, -0.2) is 22.5 Å². The number of aromatic nitrogens is 3. The second-order valence-corrected chi connectivity index (χ2v) is 4.41. The van der Waals surface area contributed by atoms with Crippen molar-refractivity contribution in [3.8, 4) is 34.2 Å².